The van der Waals surface area contributed by atoms with Crippen molar-refractivity contribution in [2.24, 2.45) is 0 Å². The number of halogens is 1. The SMILES string of the molecule is CC(=O)NCC(O)C(O)c1cc(Cl)nnc1N. The van der Waals surface area contributed by atoms with Gasteiger partial charge in [0, 0.05) is 19.0 Å². The van der Waals surface area contributed by atoms with E-state index >= 15 is 0 Å². The number of hydrogen-bond acceptors (Lipinski definition) is 6. The Hall–Kier alpha value is -1.44. The Labute approximate surface area is 103 Å². The average Bonchev–Trinajstić information content (AvgIpc) is 2.28. The number of nitrogens with one attached hydrogen (secondary N) is 1. The van der Waals surface area contributed by atoms with Crippen LogP contribution in [0.2, 0.25) is 5.15 Å². The minimum absolute atomic E-state index is 0.0243. The molecule has 8 heteroatoms. The van der Waals surface area contributed by atoms with E-state index in [4.69, 9.17) is 17.3 Å². The van der Waals surface area contributed by atoms with E-state index in [2.05, 4.69) is 15.5 Å². The molecule has 94 valence electrons. The average molecular weight is 261 g/mol. The second kappa shape index (κ2) is 5.76. The summed E-state index contributed by atoms with van der Waals surface area (Å²) < 4.78 is 0. The van der Waals surface area contributed by atoms with Crippen molar-refractivity contribution >= 4 is 23.3 Å². The minimum Gasteiger partial charge on any atom is -0.388 e. The lowest BCUT2D eigenvalue weighted by atomic mass is 10.1. The van der Waals surface area contributed by atoms with Crippen molar-refractivity contribution in [3.8, 4) is 0 Å². The molecule has 1 aromatic rings. The third-order valence-electron chi connectivity index (χ3n) is 2.07. The van der Waals surface area contributed by atoms with Crippen LogP contribution in [0.5, 0.6) is 0 Å². The Morgan fingerprint density at radius 1 is 1.59 bits per heavy atom. The number of nitrogens with two attached hydrogens (primary N) is 1. The molecule has 0 fully saturated rings. The van der Waals surface area contributed by atoms with Gasteiger partial charge in [-0.2, -0.15) is 0 Å². The molecule has 1 aromatic heterocycles. The molecule has 0 aliphatic rings. The number of aromatic nitrogens is 2. The van der Waals surface area contributed by atoms with E-state index in [9.17, 15) is 15.0 Å². The van der Waals surface area contributed by atoms with Crippen molar-refractivity contribution < 1.29 is 15.0 Å². The zero-order valence-corrected chi connectivity index (χ0v) is 9.85. The molecular formula is C9H13ClN4O3. The van der Waals surface area contributed by atoms with Crippen molar-refractivity contribution in [3.63, 3.8) is 0 Å². The molecule has 0 aromatic carbocycles. The molecule has 2 unspecified atom stereocenters. The summed E-state index contributed by atoms with van der Waals surface area (Å²) in [6.45, 7) is 1.20. The molecule has 1 rings (SSSR count). The molecular weight excluding hydrogens is 248 g/mol. The molecule has 2 atom stereocenters. The van der Waals surface area contributed by atoms with Crippen LogP contribution in [0.15, 0.2) is 6.07 Å². The second-order valence-electron chi connectivity index (χ2n) is 3.46. The Balaban J connectivity index is 2.77. The number of aliphatic hydroxyl groups excluding tert-OH is 2. The number of amides is 1. The van der Waals surface area contributed by atoms with Crippen LogP contribution in [-0.4, -0.2) is 39.0 Å². The summed E-state index contributed by atoms with van der Waals surface area (Å²) in [4.78, 5) is 10.7. The Kier molecular flexibility index (Phi) is 4.62. The number of aliphatic hydroxyl groups is 2. The molecule has 5 N–H and O–H groups in total. The van der Waals surface area contributed by atoms with Crippen molar-refractivity contribution in [2.75, 3.05) is 12.3 Å². The predicted molar refractivity (Wildman–Crippen MR) is 61.1 cm³/mol. The first-order valence-electron chi connectivity index (χ1n) is 4.81. The molecule has 0 spiro atoms. The summed E-state index contributed by atoms with van der Waals surface area (Å²) in [6, 6.07) is 1.31. The molecule has 0 aliphatic heterocycles. The lowest BCUT2D eigenvalue weighted by Crippen LogP contribution is -2.34. The number of rotatable bonds is 4. The second-order valence-corrected chi connectivity index (χ2v) is 3.84. The third-order valence-corrected chi connectivity index (χ3v) is 2.25. The van der Waals surface area contributed by atoms with Crippen molar-refractivity contribution in [1.29, 1.82) is 0 Å². The quantitative estimate of drug-likeness (QED) is 0.565. The van der Waals surface area contributed by atoms with Crippen LogP contribution in [0.3, 0.4) is 0 Å². The fourth-order valence-corrected chi connectivity index (χ4v) is 1.35. The Morgan fingerprint density at radius 3 is 2.82 bits per heavy atom. The summed E-state index contributed by atoms with van der Waals surface area (Å²) >= 11 is 5.60. The monoisotopic (exact) mass is 260 g/mol. The van der Waals surface area contributed by atoms with Gasteiger partial charge in [0.1, 0.15) is 12.2 Å². The lowest BCUT2D eigenvalue weighted by Gasteiger charge is -2.19. The smallest absolute Gasteiger partial charge is 0.216 e. The number of hydrogen-bond donors (Lipinski definition) is 4. The van der Waals surface area contributed by atoms with Crippen LogP contribution >= 0.6 is 11.6 Å². The molecule has 0 radical (unpaired) electrons. The van der Waals surface area contributed by atoms with Gasteiger partial charge in [0.2, 0.25) is 5.91 Å². The van der Waals surface area contributed by atoms with Gasteiger partial charge in [0.05, 0.1) is 0 Å². The van der Waals surface area contributed by atoms with Crippen molar-refractivity contribution in [3.05, 3.63) is 16.8 Å². The molecule has 1 heterocycles. The fraction of sp³-hybridized carbons (Fsp3) is 0.444. The van der Waals surface area contributed by atoms with Crippen molar-refractivity contribution in [1.82, 2.24) is 15.5 Å². The number of nitrogen functional groups attached to an aromatic ring is 1. The highest BCUT2D eigenvalue weighted by molar-refractivity contribution is 6.29. The molecule has 1 amide bonds. The Bertz CT molecular complexity index is 415. The van der Waals surface area contributed by atoms with Crippen LogP contribution in [0.25, 0.3) is 0 Å². The normalized spacial score (nSPS) is 14.1. The first-order chi connectivity index (χ1) is 7.91. The van der Waals surface area contributed by atoms with Gasteiger partial charge in [-0.05, 0) is 6.07 Å². The summed E-state index contributed by atoms with van der Waals surface area (Å²) in [5.74, 6) is -0.334. The molecule has 0 saturated carbocycles. The van der Waals surface area contributed by atoms with Crippen LogP contribution in [-0.2, 0) is 4.79 Å². The van der Waals surface area contributed by atoms with Gasteiger partial charge in [0.15, 0.2) is 11.0 Å². The fourth-order valence-electron chi connectivity index (χ4n) is 1.19. The van der Waals surface area contributed by atoms with Gasteiger partial charge in [-0.25, -0.2) is 0 Å². The van der Waals surface area contributed by atoms with E-state index in [1.165, 1.54) is 13.0 Å². The third kappa shape index (κ3) is 3.81. The van der Waals surface area contributed by atoms with Crippen LogP contribution in [0.1, 0.15) is 18.6 Å². The van der Waals surface area contributed by atoms with E-state index in [1.807, 2.05) is 0 Å². The van der Waals surface area contributed by atoms with E-state index in [-0.39, 0.29) is 29.0 Å². The van der Waals surface area contributed by atoms with Gasteiger partial charge >= 0.3 is 0 Å². The first-order valence-corrected chi connectivity index (χ1v) is 5.18. The van der Waals surface area contributed by atoms with E-state index < -0.39 is 12.2 Å². The number of nitrogens with zero attached hydrogens (tertiary/aromatic N) is 2. The van der Waals surface area contributed by atoms with E-state index in [0.29, 0.717) is 0 Å². The van der Waals surface area contributed by atoms with E-state index in [1.54, 1.807) is 0 Å². The highest BCUT2D eigenvalue weighted by Gasteiger charge is 2.22. The number of carbonyl (C=O) groups is 1. The summed E-state index contributed by atoms with van der Waals surface area (Å²) in [7, 11) is 0. The van der Waals surface area contributed by atoms with Gasteiger partial charge in [0.25, 0.3) is 0 Å². The molecule has 0 saturated heterocycles. The zero-order chi connectivity index (χ0) is 13.0. The van der Waals surface area contributed by atoms with Gasteiger partial charge in [-0.3, -0.25) is 4.79 Å². The van der Waals surface area contributed by atoms with Crippen molar-refractivity contribution in [2.45, 2.75) is 19.1 Å². The van der Waals surface area contributed by atoms with Crippen LogP contribution < -0.4 is 11.1 Å². The molecule has 7 nitrogen and oxygen atoms in total. The summed E-state index contributed by atoms with van der Waals surface area (Å²) in [5, 5.41) is 28.8. The van der Waals surface area contributed by atoms with Gasteiger partial charge in [-0.15, -0.1) is 10.2 Å². The molecule has 17 heavy (non-hydrogen) atoms. The maximum atomic E-state index is 10.7. The molecule has 0 bridgehead atoms. The number of anilines is 1. The number of carbonyl (C=O) groups excluding carboxylic acids is 1. The first kappa shape index (κ1) is 13.6. The minimum atomic E-state index is -1.30. The van der Waals surface area contributed by atoms with Gasteiger partial charge in [-0.1, -0.05) is 11.6 Å². The van der Waals surface area contributed by atoms with Crippen LogP contribution in [0, 0.1) is 0 Å². The maximum Gasteiger partial charge on any atom is 0.216 e. The summed E-state index contributed by atoms with van der Waals surface area (Å²) in [6.07, 6.45) is -2.50. The lowest BCUT2D eigenvalue weighted by molar-refractivity contribution is -0.119. The predicted octanol–water partition coefficient (Wildman–Crippen LogP) is -0.757. The van der Waals surface area contributed by atoms with E-state index in [0.717, 1.165) is 0 Å². The van der Waals surface area contributed by atoms with Crippen LogP contribution in [0.4, 0.5) is 5.82 Å². The zero-order valence-electron chi connectivity index (χ0n) is 9.09. The summed E-state index contributed by atoms with van der Waals surface area (Å²) in [5.41, 5.74) is 5.66. The van der Waals surface area contributed by atoms with Gasteiger partial charge < -0.3 is 21.3 Å². The topological polar surface area (TPSA) is 121 Å². The largest absolute Gasteiger partial charge is 0.388 e. The standard InChI is InChI=1S/C9H13ClN4O3/c1-4(15)12-3-6(16)8(17)5-2-7(10)13-14-9(5)11/h2,6,8,16-17H,3H2,1H3,(H2,11,14)(H,12,15). The Morgan fingerprint density at radius 2 is 2.24 bits per heavy atom. The molecule has 0 aliphatic carbocycles. The highest BCUT2D eigenvalue weighted by atomic mass is 35.5. The highest BCUT2D eigenvalue weighted by Crippen LogP contribution is 2.22. The maximum absolute atomic E-state index is 10.7.